The third-order valence-electron chi connectivity index (χ3n) is 4.23. The fraction of sp³-hybridized carbons (Fsp3) is 0.588. The minimum atomic E-state index is -3.31. The Morgan fingerprint density at radius 2 is 1.84 bits per heavy atom. The predicted octanol–water partition coefficient (Wildman–Crippen LogP) is 1.18. The van der Waals surface area contributed by atoms with Gasteiger partial charge in [0.25, 0.3) is 0 Å². The molecule has 1 heterocycles. The second kappa shape index (κ2) is 9.05. The molecule has 1 amide bonds. The summed E-state index contributed by atoms with van der Waals surface area (Å²) in [6, 6.07) is 5.59. The monoisotopic (exact) mass is 370 g/mol. The Morgan fingerprint density at radius 3 is 2.48 bits per heavy atom. The molecule has 0 unspecified atom stereocenters. The Bertz CT molecular complexity index is 684. The summed E-state index contributed by atoms with van der Waals surface area (Å²) in [4.78, 5) is 11.9. The molecule has 0 aromatic heterocycles. The molecule has 1 N–H and O–H groups in total. The summed E-state index contributed by atoms with van der Waals surface area (Å²) in [7, 11) is -0.156. The van der Waals surface area contributed by atoms with Gasteiger partial charge in [0.15, 0.2) is 11.5 Å². The van der Waals surface area contributed by atoms with Gasteiger partial charge in [-0.1, -0.05) is 6.07 Å². The van der Waals surface area contributed by atoms with E-state index in [-0.39, 0.29) is 18.1 Å². The van der Waals surface area contributed by atoms with Crippen LogP contribution >= 0.6 is 0 Å². The van der Waals surface area contributed by atoms with Crippen LogP contribution in [0.4, 0.5) is 0 Å². The molecule has 7 nitrogen and oxygen atoms in total. The van der Waals surface area contributed by atoms with Gasteiger partial charge in [-0.3, -0.25) is 4.79 Å². The number of nitrogens with zero attached hydrogens (tertiary/aromatic N) is 1. The molecule has 140 valence electrons. The Morgan fingerprint density at radius 1 is 1.16 bits per heavy atom. The second-order valence-corrected chi connectivity index (χ2v) is 8.05. The molecule has 1 saturated heterocycles. The van der Waals surface area contributed by atoms with Gasteiger partial charge in [-0.25, -0.2) is 12.7 Å². The highest BCUT2D eigenvalue weighted by Crippen LogP contribution is 2.27. The molecule has 1 aromatic carbocycles. The number of sulfonamides is 1. The first-order valence-corrected chi connectivity index (χ1v) is 10.0. The number of ether oxygens (including phenoxy) is 2. The van der Waals surface area contributed by atoms with E-state index in [0.717, 1.165) is 18.4 Å². The summed E-state index contributed by atoms with van der Waals surface area (Å²) in [6.45, 7) is 1.59. The summed E-state index contributed by atoms with van der Waals surface area (Å²) in [5, 5.41) is 2.77. The number of benzene rings is 1. The van der Waals surface area contributed by atoms with Crippen molar-refractivity contribution in [3.63, 3.8) is 0 Å². The molecular formula is C17H26N2O5S. The maximum absolute atomic E-state index is 12.1. The van der Waals surface area contributed by atoms with Crippen molar-refractivity contribution in [2.45, 2.75) is 25.7 Å². The van der Waals surface area contributed by atoms with Crippen molar-refractivity contribution in [3.05, 3.63) is 23.8 Å². The molecule has 0 aliphatic carbocycles. The summed E-state index contributed by atoms with van der Waals surface area (Å²) in [5.41, 5.74) is 1.00. The van der Waals surface area contributed by atoms with E-state index in [4.69, 9.17) is 9.47 Å². The van der Waals surface area contributed by atoms with E-state index >= 15 is 0 Å². The van der Waals surface area contributed by atoms with Crippen LogP contribution in [0, 0.1) is 0 Å². The Balaban J connectivity index is 1.75. The number of carbonyl (C=O) groups is 1. The van der Waals surface area contributed by atoms with Gasteiger partial charge in [0, 0.05) is 26.1 Å². The third-order valence-corrected chi connectivity index (χ3v) is 6.10. The van der Waals surface area contributed by atoms with Crippen molar-refractivity contribution in [1.82, 2.24) is 9.62 Å². The predicted molar refractivity (Wildman–Crippen MR) is 95.5 cm³/mol. The van der Waals surface area contributed by atoms with Crippen LogP contribution in [0.25, 0.3) is 0 Å². The van der Waals surface area contributed by atoms with E-state index in [1.165, 1.54) is 4.31 Å². The Kier molecular flexibility index (Phi) is 7.07. The van der Waals surface area contributed by atoms with Gasteiger partial charge < -0.3 is 14.8 Å². The highest BCUT2D eigenvalue weighted by molar-refractivity contribution is 7.89. The van der Waals surface area contributed by atoms with E-state index < -0.39 is 10.0 Å². The maximum Gasteiger partial charge on any atom is 0.221 e. The standard InChI is InChI=1S/C17H26N2O5S/c1-23-15-6-5-14(13-16(15)24-2)7-9-18-17(20)8-12-25(21,22)19-10-3-4-11-19/h5-6,13H,3-4,7-12H2,1-2H3,(H,18,20). The SMILES string of the molecule is COc1ccc(CCNC(=O)CCS(=O)(=O)N2CCCC2)cc1OC. The van der Waals surface area contributed by atoms with Crippen LogP contribution in [0.3, 0.4) is 0 Å². The Labute approximate surface area is 149 Å². The van der Waals surface area contributed by atoms with Crippen molar-refractivity contribution in [2.75, 3.05) is 39.6 Å². The molecule has 1 fully saturated rings. The molecule has 25 heavy (non-hydrogen) atoms. The summed E-state index contributed by atoms with van der Waals surface area (Å²) < 4.78 is 36.1. The van der Waals surface area contributed by atoms with Crippen LogP contribution in [-0.4, -0.2) is 58.2 Å². The highest BCUT2D eigenvalue weighted by Gasteiger charge is 2.25. The normalized spacial score (nSPS) is 15.1. The van der Waals surface area contributed by atoms with Crippen molar-refractivity contribution in [1.29, 1.82) is 0 Å². The molecule has 1 aliphatic heterocycles. The number of amides is 1. The lowest BCUT2D eigenvalue weighted by Crippen LogP contribution is -2.33. The summed E-state index contributed by atoms with van der Waals surface area (Å²) in [5.74, 6) is 0.920. The molecule has 1 aliphatic rings. The van der Waals surface area contributed by atoms with Gasteiger partial charge in [-0.2, -0.15) is 0 Å². The second-order valence-electron chi connectivity index (χ2n) is 5.96. The fourth-order valence-electron chi connectivity index (χ4n) is 2.79. The van der Waals surface area contributed by atoms with Gasteiger partial charge in [0.05, 0.1) is 20.0 Å². The smallest absolute Gasteiger partial charge is 0.221 e. The molecular weight excluding hydrogens is 344 g/mol. The summed E-state index contributed by atoms with van der Waals surface area (Å²) in [6.07, 6.45) is 2.42. The van der Waals surface area contributed by atoms with Crippen LogP contribution in [0.5, 0.6) is 11.5 Å². The van der Waals surface area contributed by atoms with Gasteiger partial charge in [-0.05, 0) is 37.0 Å². The number of hydrogen-bond acceptors (Lipinski definition) is 5. The zero-order valence-electron chi connectivity index (χ0n) is 14.8. The molecule has 2 rings (SSSR count). The minimum Gasteiger partial charge on any atom is -0.493 e. The molecule has 1 aromatic rings. The number of nitrogens with one attached hydrogen (secondary N) is 1. The lowest BCUT2D eigenvalue weighted by atomic mass is 10.1. The zero-order valence-corrected chi connectivity index (χ0v) is 15.6. The quantitative estimate of drug-likeness (QED) is 0.705. The first kappa shape index (κ1) is 19.5. The van der Waals surface area contributed by atoms with Crippen molar-refractivity contribution in [3.8, 4) is 11.5 Å². The average molecular weight is 370 g/mol. The molecule has 0 bridgehead atoms. The third kappa shape index (κ3) is 5.61. The van der Waals surface area contributed by atoms with E-state index in [2.05, 4.69) is 5.32 Å². The Hall–Kier alpha value is -1.80. The largest absolute Gasteiger partial charge is 0.493 e. The van der Waals surface area contributed by atoms with Crippen molar-refractivity contribution in [2.24, 2.45) is 0 Å². The van der Waals surface area contributed by atoms with Crippen LogP contribution in [-0.2, 0) is 21.2 Å². The van der Waals surface area contributed by atoms with Crippen LogP contribution in [0.2, 0.25) is 0 Å². The van der Waals surface area contributed by atoms with Crippen LogP contribution in [0.15, 0.2) is 18.2 Å². The lowest BCUT2D eigenvalue weighted by Gasteiger charge is -2.15. The van der Waals surface area contributed by atoms with Gasteiger partial charge in [0.1, 0.15) is 0 Å². The number of methoxy groups -OCH3 is 2. The van der Waals surface area contributed by atoms with Gasteiger partial charge in [-0.15, -0.1) is 0 Å². The zero-order chi connectivity index (χ0) is 18.3. The van der Waals surface area contributed by atoms with Gasteiger partial charge >= 0.3 is 0 Å². The van der Waals surface area contributed by atoms with E-state index in [1.54, 1.807) is 14.2 Å². The van der Waals surface area contributed by atoms with E-state index in [1.807, 2.05) is 18.2 Å². The molecule has 0 radical (unpaired) electrons. The van der Waals surface area contributed by atoms with E-state index in [9.17, 15) is 13.2 Å². The molecule has 0 saturated carbocycles. The highest BCUT2D eigenvalue weighted by atomic mass is 32.2. The minimum absolute atomic E-state index is 0.00916. The molecule has 0 spiro atoms. The number of carbonyl (C=O) groups excluding carboxylic acids is 1. The topological polar surface area (TPSA) is 84.9 Å². The van der Waals surface area contributed by atoms with E-state index in [0.29, 0.717) is 37.6 Å². The number of hydrogen-bond donors (Lipinski definition) is 1. The maximum atomic E-state index is 12.1. The van der Waals surface area contributed by atoms with Crippen LogP contribution in [0.1, 0.15) is 24.8 Å². The number of rotatable bonds is 9. The lowest BCUT2D eigenvalue weighted by molar-refractivity contribution is -0.120. The fourth-order valence-corrected chi connectivity index (χ4v) is 4.30. The molecule has 0 atom stereocenters. The first-order valence-electron chi connectivity index (χ1n) is 8.41. The average Bonchev–Trinajstić information content (AvgIpc) is 3.15. The van der Waals surface area contributed by atoms with Gasteiger partial charge in [0.2, 0.25) is 15.9 Å². The summed E-state index contributed by atoms with van der Waals surface area (Å²) >= 11 is 0. The van der Waals surface area contributed by atoms with Crippen molar-refractivity contribution < 1.29 is 22.7 Å². The molecule has 8 heteroatoms. The first-order chi connectivity index (χ1) is 12.0. The van der Waals surface area contributed by atoms with Crippen molar-refractivity contribution >= 4 is 15.9 Å². The van der Waals surface area contributed by atoms with Crippen LogP contribution < -0.4 is 14.8 Å².